The highest BCUT2D eigenvalue weighted by Crippen LogP contribution is 2.23. The molecule has 0 bridgehead atoms. The minimum absolute atomic E-state index is 0.00390. The molecule has 0 aliphatic rings. The van der Waals surface area contributed by atoms with Crippen molar-refractivity contribution < 1.29 is 46.2 Å². The van der Waals surface area contributed by atoms with Crippen LogP contribution in [0.15, 0.2) is 97.1 Å². The number of halogens is 2. The van der Waals surface area contributed by atoms with E-state index in [1.165, 1.54) is 32.4 Å². The van der Waals surface area contributed by atoms with Gasteiger partial charge >= 0.3 is 0 Å². The van der Waals surface area contributed by atoms with Crippen molar-refractivity contribution in [1.82, 2.24) is 16.0 Å². The highest BCUT2D eigenvalue weighted by Gasteiger charge is 2.30. The van der Waals surface area contributed by atoms with Gasteiger partial charge in [-0.3, -0.25) is 18.7 Å². The van der Waals surface area contributed by atoms with Gasteiger partial charge in [0.2, 0.25) is 15.9 Å². The van der Waals surface area contributed by atoms with Crippen molar-refractivity contribution in [3.63, 3.8) is 0 Å². The van der Waals surface area contributed by atoms with Crippen molar-refractivity contribution in [2.45, 2.75) is 44.2 Å². The van der Waals surface area contributed by atoms with Gasteiger partial charge < -0.3 is 30.5 Å². The monoisotopic (exact) mass is 752 g/mol. The molecule has 4 atom stereocenters. The quantitative estimate of drug-likeness (QED) is 0.125. The fourth-order valence-corrected chi connectivity index (χ4v) is 5.73. The maximum absolute atomic E-state index is 13.9. The van der Waals surface area contributed by atoms with E-state index in [9.17, 15) is 36.7 Å². The first-order valence-electron chi connectivity index (χ1n) is 16.5. The van der Waals surface area contributed by atoms with Gasteiger partial charge in [0, 0.05) is 56.4 Å². The highest BCUT2D eigenvalue weighted by molar-refractivity contribution is 7.92. The number of rotatable bonds is 17. The van der Waals surface area contributed by atoms with Crippen LogP contribution in [-0.4, -0.2) is 76.5 Å². The third-order valence-electron chi connectivity index (χ3n) is 8.34. The zero-order valence-electron chi connectivity index (χ0n) is 29.6. The average Bonchev–Trinajstić information content (AvgIpc) is 3.13. The van der Waals surface area contributed by atoms with Gasteiger partial charge in [0.05, 0.1) is 30.1 Å². The van der Waals surface area contributed by atoms with Gasteiger partial charge in [0.25, 0.3) is 11.8 Å². The summed E-state index contributed by atoms with van der Waals surface area (Å²) < 4.78 is 64.6. The second-order valence-electron chi connectivity index (χ2n) is 12.3. The van der Waals surface area contributed by atoms with Gasteiger partial charge in [-0.1, -0.05) is 60.7 Å². The Kier molecular flexibility index (Phi) is 14.0. The Morgan fingerprint density at radius 1 is 0.849 bits per heavy atom. The lowest BCUT2D eigenvalue weighted by Crippen LogP contribution is -2.50. The van der Waals surface area contributed by atoms with Crippen molar-refractivity contribution in [3.05, 3.63) is 131 Å². The van der Waals surface area contributed by atoms with Crippen LogP contribution in [0.3, 0.4) is 0 Å². The van der Waals surface area contributed by atoms with Gasteiger partial charge in [-0.15, -0.1) is 0 Å². The number of benzene rings is 4. The molecule has 0 aromatic heterocycles. The largest absolute Gasteiger partial charge is 0.491 e. The summed E-state index contributed by atoms with van der Waals surface area (Å²) in [6, 6.07) is 22.7. The molecule has 0 fully saturated rings. The lowest BCUT2D eigenvalue weighted by atomic mass is 10.0. The summed E-state index contributed by atoms with van der Waals surface area (Å²) in [7, 11) is -1.31. The van der Waals surface area contributed by atoms with Crippen molar-refractivity contribution in [2.24, 2.45) is 0 Å². The van der Waals surface area contributed by atoms with Crippen LogP contribution in [0.5, 0.6) is 5.75 Å². The molecule has 12 nitrogen and oxygen atoms in total. The van der Waals surface area contributed by atoms with Crippen molar-refractivity contribution >= 4 is 33.4 Å². The van der Waals surface area contributed by atoms with E-state index in [1.54, 1.807) is 6.92 Å². The standard InChI is InChI=1S/C38H42F2N4O8S/c1-24(26-13-9-6-10-14-26)42-36(46)27-15-28(17-31(16-27)44(2)53(4,49)50)37(47)43-33(23-52-32-19-29(39)18-30(40)20-32)34(45)21-35(51-3)38(48)41-22-25-11-7-5-8-12-25/h5-20,24,33-35,45H,21-23H2,1-4H3,(H,41,48)(H,42,46)(H,43,47)/t24-,33+,34+,35-/m1/s1. The highest BCUT2D eigenvalue weighted by atomic mass is 32.2. The van der Waals surface area contributed by atoms with E-state index in [0.717, 1.165) is 33.8 Å². The number of aliphatic hydroxyl groups is 1. The van der Waals surface area contributed by atoms with E-state index in [-0.39, 0.29) is 35.5 Å². The summed E-state index contributed by atoms with van der Waals surface area (Å²) >= 11 is 0. The summed E-state index contributed by atoms with van der Waals surface area (Å²) in [5, 5.41) is 19.6. The Bertz CT molecular complexity index is 1970. The molecule has 0 unspecified atom stereocenters. The van der Waals surface area contributed by atoms with Crippen LogP contribution in [0.2, 0.25) is 0 Å². The number of carbonyl (C=O) groups excluding carboxylic acids is 3. The maximum atomic E-state index is 13.9. The molecular formula is C38H42F2N4O8S. The SMILES string of the molecule is CO[C@H](C[C@H](O)[C@H](COc1cc(F)cc(F)c1)NC(=O)c1cc(C(=O)N[C@H](C)c2ccccc2)cc(N(C)S(C)(=O)=O)c1)C(=O)NCc1ccccc1. The summed E-state index contributed by atoms with van der Waals surface area (Å²) in [6.07, 6.45) is -2.10. The van der Waals surface area contributed by atoms with Gasteiger partial charge in [-0.25, -0.2) is 17.2 Å². The third kappa shape index (κ3) is 11.8. The maximum Gasteiger partial charge on any atom is 0.251 e. The number of hydrogen-bond donors (Lipinski definition) is 4. The molecule has 4 aromatic carbocycles. The summed E-state index contributed by atoms with van der Waals surface area (Å²) in [5.74, 6) is -4.09. The summed E-state index contributed by atoms with van der Waals surface area (Å²) in [6.45, 7) is 1.42. The molecule has 0 spiro atoms. The number of anilines is 1. The van der Waals surface area contributed by atoms with Crippen LogP contribution in [0.25, 0.3) is 0 Å². The van der Waals surface area contributed by atoms with Crippen LogP contribution in [0.4, 0.5) is 14.5 Å². The van der Waals surface area contributed by atoms with E-state index in [1.807, 2.05) is 60.7 Å². The van der Waals surface area contributed by atoms with Crippen LogP contribution in [0.1, 0.15) is 51.2 Å². The normalized spacial score (nSPS) is 13.6. The lowest BCUT2D eigenvalue weighted by Gasteiger charge is -2.27. The van der Waals surface area contributed by atoms with E-state index >= 15 is 0 Å². The molecule has 0 aliphatic heterocycles. The molecule has 53 heavy (non-hydrogen) atoms. The van der Waals surface area contributed by atoms with E-state index in [2.05, 4.69) is 16.0 Å². The second-order valence-corrected chi connectivity index (χ2v) is 14.3. The molecule has 3 amide bonds. The van der Waals surface area contributed by atoms with Crippen LogP contribution >= 0.6 is 0 Å². The topological polar surface area (TPSA) is 163 Å². The molecule has 0 saturated heterocycles. The Labute approximate surface area is 307 Å². The van der Waals surface area contributed by atoms with Gasteiger partial charge in [-0.05, 0) is 36.2 Å². The van der Waals surface area contributed by atoms with E-state index < -0.39 is 70.3 Å². The molecule has 0 heterocycles. The molecule has 4 aromatic rings. The fraction of sp³-hybridized carbons (Fsp3) is 0.289. The van der Waals surface area contributed by atoms with E-state index in [0.29, 0.717) is 6.07 Å². The Morgan fingerprint density at radius 2 is 1.42 bits per heavy atom. The number of carbonyl (C=O) groups is 3. The summed E-state index contributed by atoms with van der Waals surface area (Å²) in [5.41, 5.74) is 1.43. The lowest BCUT2D eigenvalue weighted by molar-refractivity contribution is -0.133. The molecule has 282 valence electrons. The van der Waals surface area contributed by atoms with Crippen LogP contribution < -0.4 is 25.0 Å². The first kappa shape index (κ1) is 40.4. The number of nitrogens with one attached hydrogen (secondary N) is 3. The zero-order valence-corrected chi connectivity index (χ0v) is 30.4. The smallest absolute Gasteiger partial charge is 0.251 e. The number of ether oxygens (including phenoxy) is 2. The average molecular weight is 753 g/mol. The van der Waals surface area contributed by atoms with Gasteiger partial charge in [0.15, 0.2) is 0 Å². The van der Waals surface area contributed by atoms with Crippen molar-refractivity contribution in [1.29, 1.82) is 0 Å². The van der Waals surface area contributed by atoms with Gasteiger partial charge in [0.1, 0.15) is 30.1 Å². The molecule has 0 saturated carbocycles. The number of hydrogen-bond acceptors (Lipinski definition) is 8. The zero-order chi connectivity index (χ0) is 38.7. The minimum atomic E-state index is -3.84. The third-order valence-corrected chi connectivity index (χ3v) is 9.54. The second kappa shape index (κ2) is 18.4. The fourth-order valence-electron chi connectivity index (χ4n) is 5.24. The number of aliphatic hydroxyl groups excluding tert-OH is 1. The number of amides is 3. The van der Waals surface area contributed by atoms with Crippen molar-refractivity contribution in [3.8, 4) is 5.75 Å². The predicted molar refractivity (Wildman–Crippen MR) is 195 cm³/mol. The minimum Gasteiger partial charge on any atom is -0.491 e. The number of methoxy groups -OCH3 is 1. The first-order chi connectivity index (χ1) is 25.1. The van der Waals surface area contributed by atoms with Gasteiger partial charge in [-0.2, -0.15) is 0 Å². The van der Waals surface area contributed by atoms with Crippen LogP contribution in [-0.2, 0) is 26.1 Å². The van der Waals surface area contributed by atoms with Crippen LogP contribution in [0, 0.1) is 11.6 Å². The Morgan fingerprint density at radius 3 is 1.98 bits per heavy atom. The van der Waals surface area contributed by atoms with E-state index in [4.69, 9.17) is 9.47 Å². The molecular weight excluding hydrogens is 711 g/mol. The molecule has 15 heteroatoms. The molecule has 0 radical (unpaired) electrons. The molecule has 4 N–H and O–H groups in total. The van der Waals surface area contributed by atoms with Crippen molar-refractivity contribution in [2.75, 3.05) is 31.3 Å². The Hall–Kier alpha value is -5.38. The summed E-state index contributed by atoms with van der Waals surface area (Å²) in [4.78, 5) is 40.3. The first-order valence-corrected chi connectivity index (χ1v) is 18.4. The predicted octanol–water partition coefficient (Wildman–Crippen LogP) is 4.11. The molecule has 4 rings (SSSR count). The Balaban J connectivity index is 1.61. The number of nitrogens with zero attached hydrogens (tertiary/aromatic N) is 1. The molecule has 0 aliphatic carbocycles. The number of sulfonamides is 1.